The van der Waals surface area contributed by atoms with Crippen LogP contribution >= 0.6 is 0 Å². The minimum Gasteiger partial charge on any atom is -0.446 e. The molecule has 0 radical (unpaired) electrons. The Morgan fingerprint density at radius 2 is 2.18 bits per heavy atom. The SMILES string of the molecule is CC(C)OC(=O)NS(=O)(=O)N1CCNC[C@H]1C. The molecule has 1 aliphatic heterocycles. The maximum absolute atomic E-state index is 11.9. The Hall–Kier alpha value is -0.860. The fourth-order valence-electron chi connectivity index (χ4n) is 1.58. The van der Waals surface area contributed by atoms with Gasteiger partial charge in [-0.15, -0.1) is 0 Å². The van der Waals surface area contributed by atoms with Gasteiger partial charge in [0.1, 0.15) is 0 Å². The van der Waals surface area contributed by atoms with E-state index in [1.54, 1.807) is 20.8 Å². The summed E-state index contributed by atoms with van der Waals surface area (Å²) >= 11 is 0. The zero-order valence-electron chi connectivity index (χ0n) is 10.3. The van der Waals surface area contributed by atoms with Crippen molar-refractivity contribution in [1.82, 2.24) is 14.3 Å². The van der Waals surface area contributed by atoms with Crippen molar-refractivity contribution in [2.45, 2.75) is 32.9 Å². The van der Waals surface area contributed by atoms with E-state index in [0.29, 0.717) is 19.6 Å². The van der Waals surface area contributed by atoms with Gasteiger partial charge in [0.2, 0.25) is 0 Å². The van der Waals surface area contributed by atoms with Gasteiger partial charge in [-0.2, -0.15) is 12.7 Å². The molecule has 1 fully saturated rings. The second kappa shape index (κ2) is 5.65. The van der Waals surface area contributed by atoms with Crippen LogP contribution in [-0.4, -0.2) is 50.6 Å². The van der Waals surface area contributed by atoms with Crippen LogP contribution < -0.4 is 10.0 Å². The number of nitrogens with one attached hydrogen (secondary N) is 2. The summed E-state index contributed by atoms with van der Waals surface area (Å²) in [4.78, 5) is 11.3. The molecule has 100 valence electrons. The van der Waals surface area contributed by atoms with Gasteiger partial charge in [0.15, 0.2) is 0 Å². The summed E-state index contributed by atoms with van der Waals surface area (Å²) in [6, 6.07) is -0.187. The third kappa shape index (κ3) is 4.14. The Kier molecular flexibility index (Phi) is 4.72. The molecule has 1 aliphatic rings. The first-order valence-corrected chi connectivity index (χ1v) is 6.98. The van der Waals surface area contributed by atoms with Crippen LogP contribution in [0.5, 0.6) is 0 Å². The van der Waals surface area contributed by atoms with Crippen molar-refractivity contribution in [2.24, 2.45) is 0 Å². The Morgan fingerprint density at radius 1 is 1.53 bits per heavy atom. The third-order valence-corrected chi connectivity index (χ3v) is 3.89. The highest BCUT2D eigenvalue weighted by molar-refractivity contribution is 7.87. The van der Waals surface area contributed by atoms with E-state index in [1.807, 2.05) is 4.72 Å². The van der Waals surface area contributed by atoms with Crippen molar-refractivity contribution < 1.29 is 17.9 Å². The molecule has 1 amide bonds. The van der Waals surface area contributed by atoms with Crippen molar-refractivity contribution >= 4 is 16.3 Å². The lowest BCUT2D eigenvalue weighted by atomic mass is 10.3. The molecular formula is C9H19N3O4S. The molecule has 0 aromatic carbocycles. The number of hydrogen-bond donors (Lipinski definition) is 2. The average molecular weight is 265 g/mol. The molecule has 0 bridgehead atoms. The molecule has 1 atom stereocenters. The number of carbonyl (C=O) groups is 1. The van der Waals surface area contributed by atoms with Crippen molar-refractivity contribution in [3.8, 4) is 0 Å². The van der Waals surface area contributed by atoms with Crippen molar-refractivity contribution in [1.29, 1.82) is 0 Å². The van der Waals surface area contributed by atoms with Gasteiger partial charge in [-0.1, -0.05) is 0 Å². The Balaban J connectivity index is 2.64. The Labute approximate surface area is 102 Å². The topological polar surface area (TPSA) is 87.7 Å². The number of piperazine rings is 1. The summed E-state index contributed by atoms with van der Waals surface area (Å²) in [5.74, 6) is 0. The van der Waals surface area contributed by atoms with Gasteiger partial charge in [0.05, 0.1) is 6.10 Å². The van der Waals surface area contributed by atoms with Crippen LogP contribution in [0, 0.1) is 0 Å². The number of rotatable bonds is 3. The fraction of sp³-hybridized carbons (Fsp3) is 0.889. The van der Waals surface area contributed by atoms with Crippen LogP contribution in [-0.2, 0) is 14.9 Å². The highest BCUT2D eigenvalue weighted by Crippen LogP contribution is 2.07. The summed E-state index contributed by atoms with van der Waals surface area (Å²) in [6.45, 7) is 6.56. The highest BCUT2D eigenvalue weighted by atomic mass is 32.2. The van der Waals surface area contributed by atoms with Gasteiger partial charge in [-0.05, 0) is 20.8 Å². The molecule has 0 unspecified atom stereocenters. The molecule has 0 aromatic heterocycles. The fourth-order valence-corrected chi connectivity index (χ4v) is 2.84. The maximum Gasteiger partial charge on any atom is 0.422 e. The lowest BCUT2D eigenvalue weighted by molar-refractivity contribution is 0.120. The first-order valence-electron chi connectivity index (χ1n) is 5.54. The number of hydrogen-bond acceptors (Lipinski definition) is 5. The molecule has 0 spiro atoms. The molecule has 1 saturated heterocycles. The van der Waals surface area contributed by atoms with Crippen LogP contribution in [0.3, 0.4) is 0 Å². The van der Waals surface area contributed by atoms with E-state index < -0.39 is 16.3 Å². The van der Waals surface area contributed by atoms with Gasteiger partial charge < -0.3 is 10.1 Å². The van der Waals surface area contributed by atoms with E-state index in [1.165, 1.54) is 4.31 Å². The van der Waals surface area contributed by atoms with E-state index >= 15 is 0 Å². The monoisotopic (exact) mass is 265 g/mol. The van der Waals surface area contributed by atoms with E-state index in [9.17, 15) is 13.2 Å². The molecule has 8 heteroatoms. The lowest BCUT2D eigenvalue weighted by Gasteiger charge is -2.32. The Bertz CT molecular complexity index is 368. The summed E-state index contributed by atoms with van der Waals surface area (Å²) in [5.41, 5.74) is 0. The second-order valence-corrected chi connectivity index (χ2v) is 5.85. The van der Waals surface area contributed by atoms with E-state index in [-0.39, 0.29) is 12.1 Å². The predicted molar refractivity (Wildman–Crippen MR) is 62.7 cm³/mol. The maximum atomic E-state index is 11.9. The molecule has 1 rings (SSSR count). The molecule has 0 aliphatic carbocycles. The number of carbonyl (C=O) groups excluding carboxylic acids is 1. The molecule has 1 heterocycles. The first kappa shape index (κ1) is 14.2. The van der Waals surface area contributed by atoms with Crippen LogP contribution in [0.25, 0.3) is 0 Å². The van der Waals surface area contributed by atoms with Crippen LogP contribution in [0.2, 0.25) is 0 Å². The van der Waals surface area contributed by atoms with Gasteiger partial charge in [0.25, 0.3) is 0 Å². The molecular weight excluding hydrogens is 246 g/mol. The molecule has 17 heavy (non-hydrogen) atoms. The zero-order chi connectivity index (χ0) is 13.1. The van der Waals surface area contributed by atoms with E-state index in [2.05, 4.69) is 5.32 Å². The zero-order valence-corrected chi connectivity index (χ0v) is 11.1. The number of nitrogens with zero attached hydrogens (tertiary/aromatic N) is 1. The van der Waals surface area contributed by atoms with Crippen molar-refractivity contribution in [2.75, 3.05) is 19.6 Å². The normalized spacial score (nSPS) is 22.5. The highest BCUT2D eigenvalue weighted by Gasteiger charge is 2.31. The van der Waals surface area contributed by atoms with Gasteiger partial charge in [0, 0.05) is 25.7 Å². The van der Waals surface area contributed by atoms with Crippen LogP contribution in [0.1, 0.15) is 20.8 Å². The minimum atomic E-state index is -3.81. The number of ether oxygens (including phenoxy) is 1. The Morgan fingerprint density at radius 3 is 2.71 bits per heavy atom. The van der Waals surface area contributed by atoms with Gasteiger partial charge in [-0.3, -0.25) is 0 Å². The first-order chi connectivity index (χ1) is 7.83. The third-order valence-electron chi connectivity index (χ3n) is 2.30. The van der Waals surface area contributed by atoms with E-state index in [0.717, 1.165) is 0 Å². The van der Waals surface area contributed by atoms with Crippen molar-refractivity contribution in [3.63, 3.8) is 0 Å². The van der Waals surface area contributed by atoms with E-state index in [4.69, 9.17) is 4.74 Å². The second-order valence-electron chi connectivity index (χ2n) is 4.23. The predicted octanol–water partition coefficient (Wildman–Crippen LogP) is -0.340. The number of amides is 1. The average Bonchev–Trinajstić information content (AvgIpc) is 2.15. The van der Waals surface area contributed by atoms with Gasteiger partial charge >= 0.3 is 16.3 Å². The largest absolute Gasteiger partial charge is 0.446 e. The minimum absolute atomic E-state index is 0.187. The van der Waals surface area contributed by atoms with Crippen LogP contribution in [0.4, 0.5) is 4.79 Å². The smallest absolute Gasteiger partial charge is 0.422 e. The van der Waals surface area contributed by atoms with Crippen LogP contribution in [0.15, 0.2) is 0 Å². The quantitative estimate of drug-likeness (QED) is 0.729. The lowest BCUT2D eigenvalue weighted by Crippen LogP contribution is -2.56. The van der Waals surface area contributed by atoms with Gasteiger partial charge in [-0.25, -0.2) is 9.52 Å². The summed E-state index contributed by atoms with van der Waals surface area (Å²) in [6.07, 6.45) is -1.30. The summed E-state index contributed by atoms with van der Waals surface area (Å²) < 4.78 is 31.6. The summed E-state index contributed by atoms with van der Waals surface area (Å²) in [5, 5.41) is 3.07. The van der Waals surface area contributed by atoms with Crippen molar-refractivity contribution in [3.05, 3.63) is 0 Å². The molecule has 7 nitrogen and oxygen atoms in total. The molecule has 0 aromatic rings. The standard InChI is InChI=1S/C9H19N3O4S/c1-7(2)16-9(13)11-17(14,15)12-5-4-10-6-8(12)3/h7-8,10H,4-6H2,1-3H3,(H,11,13)/t8-/m1/s1. The molecule has 2 N–H and O–H groups in total. The molecule has 0 saturated carbocycles. The summed E-state index contributed by atoms with van der Waals surface area (Å²) in [7, 11) is -3.81.